The summed E-state index contributed by atoms with van der Waals surface area (Å²) in [5, 5.41) is 4.17. The van der Waals surface area contributed by atoms with E-state index >= 15 is 0 Å². The van der Waals surface area contributed by atoms with E-state index in [4.69, 9.17) is 10.5 Å². The van der Waals surface area contributed by atoms with Gasteiger partial charge < -0.3 is 20.7 Å². The molecule has 0 amide bonds. The molecule has 0 unspecified atom stereocenters. The second kappa shape index (κ2) is 7.23. The topological polar surface area (TPSA) is 80.7 Å². The van der Waals surface area contributed by atoms with Crippen molar-refractivity contribution in [2.75, 3.05) is 42.3 Å². The number of hydrogen-bond acceptors (Lipinski definition) is 6. The highest BCUT2D eigenvalue weighted by Gasteiger charge is 2.49. The van der Waals surface area contributed by atoms with Crippen LogP contribution in [0.25, 0.3) is 16.7 Å². The molecule has 1 spiro atoms. The molecule has 4 heterocycles. The minimum Gasteiger partial charge on any atom is -0.399 e. The number of benzene rings is 2. The highest BCUT2D eigenvalue weighted by molar-refractivity contribution is 5.94. The number of fused-ring (bicyclic) bond motifs is 3. The molecule has 7 nitrogen and oxygen atoms in total. The molecule has 0 radical (unpaired) electrons. The van der Waals surface area contributed by atoms with Crippen LogP contribution in [0.4, 0.5) is 30.4 Å². The molecule has 2 aliphatic rings. The molecule has 176 valence electrons. The van der Waals surface area contributed by atoms with Crippen LogP contribution in [0, 0.1) is 5.41 Å². The van der Waals surface area contributed by atoms with Gasteiger partial charge in [0.05, 0.1) is 35.8 Å². The summed E-state index contributed by atoms with van der Waals surface area (Å²) in [5.41, 5.74) is 7.76. The summed E-state index contributed by atoms with van der Waals surface area (Å²) in [6, 6.07) is 9.32. The lowest BCUT2D eigenvalue weighted by Gasteiger charge is -2.56. The predicted molar refractivity (Wildman–Crippen MR) is 124 cm³/mol. The van der Waals surface area contributed by atoms with Crippen molar-refractivity contribution in [1.82, 2.24) is 14.4 Å². The maximum atomic E-state index is 13.3. The zero-order valence-corrected chi connectivity index (χ0v) is 18.4. The van der Waals surface area contributed by atoms with Crippen molar-refractivity contribution in [2.24, 2.45) is 5.41 Å². The van der Waals surface area contributed by atoms with Gasteiger partial charge in [-0.2, -0.15) is 18.2 Å². The number of alkyl halides is 3. The number of ether oxygens (including phenoxy) is 1. The fourth-order valence-electron chi connectivity index (χ4n) is 4.85. The van der Waals surface area contributed by atoms with E-state index in [0.29, 0.717) is 17.2 Å². The fraction of sp³-hybridized carbons (Fsp3) is 0.333. The molecule has 3 N–H and O–H groups in total. The van der Waals surface area contributed by atoms with E-state index in [9.17, 15) is 13.2 Å². The van der Waals surface area contributed by atoms with Crippen LogP contribution in [-0.4, -0.2) is 40.7 Å². The summed E-state index contributed by atoms with van der Waals surface area (Å²) < 4.78 is 47.2. The summed E-state index contributed by atoms with van der Waals surface area (Å²) in [6.45, 7) is 5.29. The Morgan fingerprint density at radius 1 is 1.15 bits per heavy atom. The molecule has 34 heavy (non-hydrogen) atoms. The highest BCUT2D eigenvalue weighted by atomic mass is 19.4. The molecule has 2 saturated heterocycles. The number of nitrogens with two attached hydrogens (primary N) is 1. The van der Waals surface area contributed by atoms with Crippen LogP contribution in [0.5, 0.6) is 0 Å². The van der Waals surface area contributed by atoms with Crippen molar-refractivity contribution >= 4 is 33.9 Å². The van der Waals surface area contributed by atoms with Gasteiger partial charge in [-0.05, 0) is 48.9 Å². The van der Waals surface area contributed by atoms with Gasteiger partial charge in [-0.3, -0.25) is 4.40 Å². The van der Waals surface area contributed by atoms with Crippen LogP contribution in [0.1, 0.15) is 24.1 Å². The summed E-state index contributed by atoms with van der Waals surface area (Å²) in [6.07, 6.45) is -0.958. The second-order valence-electron chi connectivity index (χ2n) is 9.36. The quantitative estimate of drug-likeness (QED) is 0.430. The van der Waals surface area contributed by atoms with Crippen LogP contribution in [0.3, 0.4) is 0 Å². The van der Waals surface area contributed by atoms with Crippen molar-refractivity contribution in [3.63, 3.8) is 0 Å². The lowest BCUT2D eigenvalue weighted by molar-refractivity contribution is -0.137. The van der Waals surface area contributed by atoms with Crippen molar-refractivity contribution < 1.29 is 17.9 Å². The molecule has 2 aliphatic heterocycles. The molecular weight excluding hydrogens is 445 g/mol. The van der Waals surface area contributed by atoms with Gasteiger partial charge in [-0.15, -0.1) is 0 Å². The van der Waals surface area contributed by atoms with Gasteiger partial charge in [-0.25, -0.2) is 4.98 Å². The first-order valence-electron chi connectivity index (χ1n) is 11.0. The van der Waals surface area contributed by atoms with Crippen molar-refractivity contribution in [3.8, 4) is 0 Å². The Morgan fingerprint density at radius 2 is 1.94 bits per heavy atom. The minimum atomic E-state index is -4.47. The Morgan fingerprint density at radius 3 is 2.65 bits per heavy atom. The Bertz CT molecular complexity index is 1400. The van der Waals surface area contributed by atoms with E-state index in [0.717, 1.165) is 55.0 Å². The van der Waals surface area contributed by atoms with Gasteiger partial charge in [0, 0.05) is 42.2 Å². The Hall–Kier alpha value is -3.53. The fourth-order valence-corrected chi connectivity index (χ4v) is 4.85. The average molecular weight is 468 g/mol. The number of rotatable bonds is 4. The zero-order valence-electron chi connectivity index (χ0n) is 18.4. The smallest absolute Gasteiger partial charge is 0.399 e. The third kappa shape index (κ3) is 3.40. The molecule has 2 aromatic heterocycles. The highest BCUT2D eigenvalue weighted by Crippen LogP contribution is 2.41. The lowest BCUT2D eigenvalue weighted by Crippen LogP contribution is -2.66. The van der Waals surface area contributed by atoms with Gasteiger partial charge in [0.15, 0.2) is 0 Å². The minimum absolute atomic E-state index is 0.0639. The van der Waals surface area contributed by atoms with Crippen LogP contribution >= 0.6 is 0 Å². The Balaban J connectivity index is 1.38. The van der Waals surface area contributed by atoms with E-state index in [1.54, 1.807) is 19.2 Å². The number of aromatic nitrogens is 3. The van der Waals surface area contributed by atoms with E-state index in [1.807, 2.05) is 16.7 Å². The monoisotopic (exact) mass is 468 g/mol. The number of hydrogen-bond donors (Lipinski definition) is 2. The zero-order chi connectivity index (χ0) is 23.7. The molecular formula is C24H23F3N6O. The number of imidazole rings is 1. The Labute approximate surface area is 193 Å². The summed E-state index contributed by atoms with van der Waals surface area (Å²) in [7, 11) is 0. The Kier molecular flexibility index (Phi) is 4.47. The molecule has 6 rings (SSSR count). The molecule has 0 aliphatic carbocycles. The van der Waals surface area contributed by atoms with E-state index < -0.39 is 17.8 Å². The number of halogens is 3. The number of nitrogens with one attached hydrogen (secondary N) is 1. The summed E-state index contributed by atoms with van der Waals surface area (Å²) in [4.78, 5) is 11.3. The standard InChI is InChI=1S/C24H23F3N6O/c1-14(15-6-16(24(25,26)27)8-17(28)7-15)30-21-19-9-18(32-10-23(11-32)12-34-13-23)2-3-20(19)33-5-4-29-22(33)31-21/h2-9,14H,10-13,28H2,1H3,(H,29,30,31)/t14-/m1/s1. The maximum absolute atomic E-state index is 13.3. The van der Waals surface area contributed by atoms with Crippen LogP contribution < -0.4 is 16.0 Å². The SMILES string of the molecule is C[C@@H](Nc1nc2nccn2c2ccc(N3CC4(COC4)C3)cc12)c1cc(N)cc(C(F)(F)F)c1. The first-order valence-corrected chi connectivity index (χ1v) is 11.0. The molecule has 4 aromatic rings. The van der Waals surface area contributed by atoms with Crippen molar-refractivity contribution in [3.05, 3.63) is 59.9 Å². The average Bonchev–Trinajstić information content (AvgIpc) is 3.19. The van der Waals surface area contributed by atoms with Gasteiger partial charge in [-0.1, -0.05) is 0 Å². The molecule has 2 fully saturated rings. The summed E-state index contributed by atoms with van der Waals surface area (Å²) >= 11 is 0. The van der Waals surface area contributed by atoms with Gasteiger partial charge in [0.25, 0.3) is 0 Å². The molecule has 1 atom stereocenters. The predicted octanol–water partition coefficient (Wildman–Crippen LogP) is 4.49. The van der Waals surface area contributed by atoms with Gasteiger partial charge in [0.1, 0.15) is 5.82 Å². The largest absolute Gasteiger partial charge is 0.416 e. The van der Waals surface area contributed by atoms with E-state index in [1.165, 1.54) is 0 Å². The van der Waals surface area contributed by atoms with Gasteiger partial charge >= 0.3 is 6.18 Å². The van der Waals surface area contributed by atoms with Crippen LogP contribution in [-0.2, 0) is 10.9 Å². The van der Waals surface area contributed by atoms with Crippen molar-refractivity contribution in [2.45, 2.75) is 19.1 Å². The van der Waals surface area contributed by atoms with Crippen molar-refractivity contribution in [1.29, 1.82) is 0 Å². The first-order chi connectivity index (χ1) is 16.2. The molecule has 10 heteroatoms. The van der Waals surface area contributed by atoms with E-state index in [-0.39, 0.29) is 11.1 Å². The van der Waals surface area contributed by atoms with E-state index in [2.05, 4.69) is 32.3 Å². The van der Waals surface area contributed by atoms with Crippen LogP contribution in [0.2, 0.25) is 0 Å². The lowest BCUT2D eigenvalue weighted by atomic mass is 9.78. The number of nitrogens with zero attached hydrogens (tertiary/aromatic N) is 4. The molecule has 0 saturated carbocycles. The number of anilines is 3. The second-order valence-corrected chi connectivity index (χ2v) is 9.36. The number of nitrogen functional groups attached to an aromatic ring is 1. The van der Waals surface area contributed by atoms with Crippen LogP contribution in [0.15, 0.2) is 48.8 Å². The third-order valence-electron chi connectivity index (χ3n) is 6.72. The first kappa shape index (κ1) is 21.0. The molecule has 2 aromatic carbocycles. The third-order valence-corrected chi connectivity index (χ3v) is 6.72. The normalized spacial score (nSPS) is 18.2. The van der Waals surface area contributed by atoms with Gasteiger partial charge in [0.2, 0.25) is 5.78 Å². The summed E-state index contributed by atoms with van der Waals surface area (Å²) in [5.74, 6) is 1.06. The molecule has 0 bridgehead atoms. The maximum Gasteiger partial charge on any atom is 0.416 e.